The third kappa shape index (κ3) is 3.99. The average molecular weight is 543 g/mol. The van der Waals surface area contributed by atoms with Gasteiger partial charge in [-0.2, -0.15) is 5.10 Å². The van der Waals surface area contributed by atoms with Gasteiger partial charge in [-0.25, -0.2) is 14.5 Å². The van der Waals surface area contributed by atoms with Crippen molar-refractivity contribution in [1.82, 2.24) is 34.4 Å². The molecule has 0 bridgehead atoms. The monoisotopic (exact) mass is 542 g/mol. The van der Waals surface area contributed by atoms with Crippen molar-refractivity contribution in [3.05, 3.63) is 41.3 Å². The Morgan fingerprint density at radius 2 is 1.98 bits per heavy atom. The van der Waals surface area contributed by atoms with E-state index in [4.69, 9.17) is 9.72 Å². The number of likely N-dealkylation sites (tertiary alicyclic amines) is 1. The topological polar surface area (TPSA) is 94.9 Å². The molecule has 3 aliphatic rings. The maximum atomic E-state index is 13.1. The molecule has 10 nitrogen and oxygen atoms in total. The Morgan fingerprint density at radius 3 is 2.67 bits per heavy atom. The number of ether oxygens (including phenoxy) is 1. The number of hydrogen-bond acceptors (Lipinski definition) is 7. The molecule has 0 saturated carbocycles. The predicted octanol–water partition coefficient (Wildman–Crippen LogP) is 3.38. The van der Waals surface area contributed by atoms with Crippen LogP contribution in [0.25, 0.3) is 27.9 Å². The number of pyridine rings is 2. The Labute approximate surface area is 234 Å². The van der Waals surface area contributed by atoms with Gasteiger partial charge in [0.15, 0.2) is 5.65 Å². The first-order valence-electron chi connectivity index (χ1n) is 14.4. The molecule has 3 saturated heterocycles. The molecule has 1 amide bonds. The van der Waals surface area contributed by atoms with E-state index >= 15 is 0 Å². The van der Waals surface area contributed by atoms with Crippen LogP contribution < -0.4 is 4.90 Å². The Kier molecular flexibility index (Phi) is 5.90. The lowest BCUT2D eigenvalue weighted by atomic mass is 9.78. The summed E-state index contributed by atoms with van der Waals surface area (Å²) in [5.41, 5.74) is 9.02. The molecule has 1 spiro atoms. The van der Waals surface area contributed by atoms with Gasteiger partial charge in [0.25, 0.3) is 0 Å². The largest absolute Gasteiger partial charge is 0.380 e. The Morgan fingerprint density at radius 1 is 1.18 bits per heavy atom. The van der Waals surface area contributed by atoms with Gasteiger partial charge in [-0.3, -0.25) is 9.69 Å². The molecule has 0 aromatic carbocycles. The standard InChI is InChI=1S/C30H38N8O2/c1-18(2)26-27(22-11-38-29(31-17-32-38)21(5)20(22)4)33-23-6-7-24(34-28(23)26)36-8-9-37(19(3)10-36)25(39)12-35-13-30(14-35)15-40-16-30/h6-7,11,17-19,33H,8-10,12-16H2,1-5H3/t19-/m1/s1. The van der Waals surface area contributed by atoms with Gasteiger partial charge in [0.1, 0.15) is 12.1 Å². The smallest absolute Gasteiger partial charge is 0.237 e. The van der Waals surface area contributed by atoms with Crippen molar-refractivity contribution in [2.24, 2.45) is 5.41 Å². The van der Waals surface area contributed by atoms with Crippen LogP contribution >= 0.6 is 0 Å². The van der Waals surface area contributed by atoms with Crippen LogP contribution in [0.3, 0.4) is 0 Å². The third-order valence-corrected chi connectivity index (χ3v) is 9.20. The van der Waals surface area contributed by atoms with Crippen LogP contribution in [0.15, 0.2) is 24.7 Å². The van der Waals surface area contributed by atoms with E-state index in [9.17, 15) is 4.79 Å². The molecule has 1 N–H and O–H groups in total. The lowest BCUT2D eigenvalue weighted by molar-refractivity contribution is -0.191. The van der Waals surface area contributed by atoms with E-state index < -0.39 is 0 Å². The van der Waals surface area contributed by atoms with E-state index in [1.165, 1.54) is 11.1 Å². The molecule has 10 heteroatoms. The maximum Gasteiger partial charge on any atom is 0.237 e. The van der Waals surface area contributed by atoms with Gasteiger partial charge in [0.2, 0.25) is 5.91 Å². The lowest BCUT2D eigenvalue weighted by Crippen LogP contribution is -2.67. The zero-order valence-electron chi connectivity index (χ0n) is 24.1. The Balaban J connectivity index is 1.13. The Hall–Kier alpha value is -3.50. The van der Waals surface area contributed by atoms with Gasteiger partial charge in [0.05, 0.1) is 36.5 Å². The molecule has 0 unspecified atom stereocenters. The highest BCUT2D eigenvalue weighted by Gasteiger charge is 2.49. The molecule has 40 heavy (non-hydrogen) atoms. The number of nitrogens with zero attached hydrogens (tertiary/aromatic N) is 7. The molecule has 210 valence electrons. The summed E-state index contributed by atoms with van der Waals surface area (Å²) in [6.45, 7) is 17.3. The molecule has 4 aromatic heterocycles. The van der Waals surface area contributed by atoms with E-state index in [0.29, 0.717) is 18.5 Å². The number of carbonyl (C=O) groups is 1. The minimum Gasteiger partial charge on any atom is -0.380 e. The number of aromatic nitrogens is 5. The predicted molar refractivity (Wildman–Crippen MR) is 155 cm³/mol. The van der Waals surface area contributed by atoms with Gasteiger partial charge in [-0.05, 0) is 49.9 Å². The highest BCUT2D eigenvalue weighted by atomic mass is 16.5. The molecule has 3 aliphatic heterocycles. The van der Waals surface area contributed by atoms with E-state index in [1.54, 1.807) is 6.33 Å². The molecule has 0 aliphatic carbocycles. The molecule has 3 fully saturated rings. The number of H-pyrrole nitrogens is 1. The number of anilines is 1. The fourth-order valence-electron chi connectivity index (χ4n) is 6.89. The van der Waals surface area contributed by atoms with Crippen molar-refractivity contribution in [2.75, 3.05) is 57.4 Å². The SMILES string of the molecule is Cc1c(-c2[nH]c3ccc(N4CCN(C(=O)CN5CC6(COC6)C5)[C@H](C)C4)nc3c2C(C)C)cn2ncnc2c1C. The highest BCUT2D eigenvalue weighted by molar-refractivity contribution is 5.90. The number of aromatic amines is 1. The second kappa shape index (κ2) is 9.27. The molecule has 7 heterocycles. The van der Waals surface area contributed by atoms with Crippen LogP contribution in [0.2, 0.25) is 0 Å². The number of rotatable bonds is 5. The Bertz CT molecular complexity index is 1610. The number of carbonyl (C=O) groups excluding carboxylic acids is 1. The van der Waals surface area contributed by atoms with E-state index in [0.717, 1.165) is 78.7 Å². The van der Waals surface area contributed by atoms with Gasteiger partial charge in [0, 0.05) is 61.5 Å². The van der Waals surface area contributed by atoms with Gasteiger partial charge in [-0.15, -0.1) is 0 Å². The van der Waals surface area contributed by atoms with Crippen LogP contribution in [0.5, 0.6) is 0 Å². The first kappa shape index (κ1) is 25.5. The number of nitrogens with one attached hydrogen (secondary N) is 1. The molecule has 0 radical (unpaired) electrons. The highest BCUT2D eigenvalue weighted by Crippen LogP contribution is 2.39. The summed E-state index contributed by atoms with van der Waals surface area (Å²) in [4.78, 5) is 33.1. The second-order valence-electron chi connectivity index (χ2n) is 12.5. The number of fused-ring (bicyclic) bond motifs is 2. The van der Waals surface area contributed by atoms with Gasteiger partial charge >= 0.3 is 0 Å². The van der Waals surface area contributed by atoms with Gasteiger partial charge in [-0.1, -0.05) is 13.8 Å². The number of hydrogen-bond donors (Lipinski definition) is 1. The fraction of sp³-hybridized carbons (Fsp3) is 0.533. The van der Waals surface area contributed by atoms with Crippen LogP contribution in [0, 0.1) is 19.3 Å². The molecule has 4 aromatic rings. The lowest BCUT2D eigenvalue weighted by Gasteiger charge is -2.55. The van der Waals surface area contributed by atoms with Gasteiger partial charge < -0.3 is 19.5 Å². The summed E-state index contributed by atoms with van der Waals surface area (Å²) in [6.07, 6.45) is 3.67. The zero-order valence-corrected chi connectivity index (χ0v) is 24.1. The first-order valence-corrected chi connectivity index (χ1v) is 14.4. The quantitative estimate of drug-likeness (QED) is 0.413. The van der Waals surface area contributed by atoms with Crippen molar-refractivity contribution < 1.29 is 9.53 Å². The van der Waals surface area contributed by atoms with E-state index in [1.807, 2.05) is 4.52 Å². The molecular weight excluding hydrogens is 504 g/mol. The summed E-state index contributed by atoms with van der Waals surface area (Å²) in [7, 11) is 0. The zero-order chi connectivity index (χ0) is 27.8. The average Bonchev–Trinajstić information content (AvgIpc) is 3.51. The number of piperazine rings is 1. The summed E-state index contributed by atoms with van der Waals surface area (Å²) >= 11 is 0. The maximum absolute atomic E-state index is 13.1. The minimum atomic E-state index is 0.132. The van der Waals surface area contributed by atoms with Crippen LogP contribution in [0.1, 0.15) is 43.4 Å². The number of aryl methyl sites for hydroxylation is 1. The van der Waals surface area contributed by atoms with Crippen molar-refractivity contribution in [1.29, 1.82) is 0 Å². The molecule has 7 rings (SSSR count). The third-order valence-electron chi connectivity index (χ3n) is 9.20. The van der Waals surface area contributed by atoms with Crippen molar-refractivity contribution in [2.45, 2.75) is 46.6 Å². The second-order valence-corrected chi connectivity index (χ2v) is 12.5. The summed E-state index contributed by atoms with van der Waals surface area (Å²) in [5, 5.41) is 4.41. The van der Waals surface area contributed by atoms with Crippen LogP contribution in [0.4, 0.5) is 5.82 Å². The van der Waals surface area contributed by atoms with E-state index in [-0.39, 0.29) is 17.9 Å². The first-order chi connectivity index (χ1) is 19.2. The molecular formula is C30H38N8O2. The van der Waals surface area contributed by atoms with Crippen molar-refractivity contribution >= 4 is 28.4 Å². The van der Waals surface area contributed by atoms with Crippen LogP contribution in [-0.2, 0) is 9.53 Å². The molecule has 1 atom stereocenters. The van der Waals surface area contributed by atoms with E-state index in [2.05, 4.69) is 82.7 Å². The van der Waals surface area contributed by atoms with Crippen molar-refractivity contribution in [3.8, 4) is 11.3 Å². The minimum absolute atomic E-state index is 0.132. The number of amides is 1. The summed E-state index contributed by atoms with van der Waals surface area (Å²) in [5.74, 6) is 1.48. The summed E-state index contributed by atoms with van der Waals surface area (Å²) in [6, 6.07) is 4.39. The van der Waals surface area contributed by atoms with Crippen LogP contribution in [-0.4, -0.2) is 98.8 Å². The fourth-order valence-corrected chi connectivity index (χ4v) is 6.89. The normalized spacial score (nSPS) is 21.0. The summed E-state index contributed by atoms with van der Waals surface area (Å²) < 4.78 is 7.23. The van der Waals surface area contributed by atoms with Crippen molar-refractivity contribution in [3.63, 3.8) is 0 Å².